The average Bonchev–Trinajstić information content (AvgIpc) is 2.90. The lowest BCUT2D eigenvalue weighted by molar-refractivity contribution is 0.0207. The van der Waals surface area contributed by atoms with E-state index in [1.165, 1.54) is 0 Å². The Kier molecular flexibility index (Phi) is 5.98. The maximum Gasteiger partial charge on any atom is 0.419 e. The van der Waals surface area contributed by atoms with Crippen LogP contribution in [0.5, 0.6) is 0 Å². The summed E-state index contributed by atoms with van der Waals surface area (Å²) in [4.78, 5) is 27.3. The molecule has 1 amide bonds. The number of fused-ring (bicyclic) bond motifs is 3. The fourth-order valence-electron chi connectivity index (χ4n) is 3.84. The van der Waals surface area contributed by atoms with Crippen LogP contribution in [0.4, 0.5) is 9.59 Å². The molecule has 30 heavy (non-hydrogen) atoms. The van der Waals surface area contributed by atoms with E-state index in [0.717, 1.165) is 33.1 Å². The van der Waals surface area contributed by atoms with E-state index in [1.54, 1.807) is 16.5 Å². The van der Waals surface area contributed by atoms with Gasteiger partial charge >= 0.3 is 12.2 Å². The monoisotopic (exact) mass is 478 g/mol. The molecule has 3 rings (SSSR count). The zero-order valence-corrected chi connectivity index (χ0v) is 20.4. The molecule has 6 nitrogen and oxygen atoms in total. The molecule has 1 atom stereocenters. The summed E-state index contributed by atoms with van der Waals surface area (Å²) in [5.41, 5.74) is 1.76. The van der Waals surface area contributed by atoms with E-state index in [-0.39, 0.29) is 18.2 Å². The van der Waals surface area contributed by atoms with Crippen molar-refractivity contribution in [1.29, 1.82) is 0 Å². The lowest BCUT2D eigenvalue weighted by Crippen LogP contribution is -2.43. The Morgan fingerprint density at radius 2 is 1.73 bits per heavy atom. The van der Waals surface area contributed by atoms with E-state index >= 15 is 0 Å². The normalized spacial score (nSPS) is 16.9. The molecule has 0 aliphatic heterocycles. The highest BCUT2D eigenvalue weighted by Crippen LogP contribution is 2.35. The maximum atomic E-state index is 13.0. The fraction of sp³-hybridized carbons (Fsp3) is 0.565. The number of carbonyl (C=O) groups excluding carboxylic acids is 2. The van der Waals surface area contributed by atoms with Gasteiger partial charge in [0.25, 0.3) is 0 Å². The van der Waals surface area contributed by atoms with Gasteiger partial charge in [0.1, 0.15) is 11.2 Å². The standard InChI is InChI=1S/C23H31BrN2O4/c1-22(2,3)29-20(27)25(7)15-9-11-18-17(13-15)16-10-8-14(24)12-19(16)26(18)21(28)30-23(4,5)6/h8,10,12,15H,9,11,13H2,1-7H3. The fourth-order valence-corrected chi connectivity index (χ4v) is 4.19. The van der Waals surface area contributed by atoms with Crippen LogP contribution < -0.4 is 0 Å². The molecule has 0 fully saturated rings. The summed E-state index contributed by atoms with van der Waals surface area (Å²) in [5.74, 6) is 0. The van der Waals surface area contributed by atoms with Crippen LogP contribution in [0.2, 0.25) is 0 Å². The zero-order valence-electron chi connectivity index (χ0n) is 18.8. The van der Waals surface area contributed by atoms with E-state index in [9.17, 15) is 9.59 Å². The molecule has 1 unspecified atom stereocenters. The predicted octanol–water partition coefficient (Wildman–Crippen LogP) is 5.91. The molecule has 1 aliphatic carbocycles. The largest absolute Gasteiger partial charge is 0.444 e. The van der Waals surface area contributed by atoms with Crippen molar-refractivity contribution in [2.24, 2.45) is 0 Å². The van der Waals surface area contributed by atoms with Crippen LogP contribution in [0.25, 0.3) is 10.9 Å². The number of likely N-dealkylation sites (N-methyl/N-ethyl adjacent to an activating group) is 1. The molecule has 0 saturated carbocycles. The molecular weight excluding hydrogens is 448 g/mol. The van der Waals surface area contributed by atoms with Gasteiger partial charge in [-0.05, 0) is 78.5 Å². The Balaban J connectivity index is 1.98. The van der Waals surface area contributed by atoms with Crippen molar-refractivity contribution in [1.82, 2.24) is 9.47 Å². The smallest absolute Gasteiger partial charge is 0.419 e. The van der Waals surface area contributed by atoms with Gasteiger partial charge in [0, 0.05) is 28.6 Å². The van der Waals surface area contributed by atoms with Gasteiger partial charge in [0.2, 0.25) is 0 Å². The number of hydrogen-bond acceptors (Lipinski definition) is 4. The van der Waals surface area contributed by atoms with Crippen molar-refractivity contribution in [2.75, 3.05) is 7.05 Å². The van der Waals surface area contributed by atoms with Gasteiger partial charge in [-0.2, -0.15) is 0 Å². The van der Waals surface area contributed by atoms with Gasteiger partial charge < -0.3 is 14.4 Å². The molecule has 164 valence electrons. The first kappa shape index (κ1) is 22.7. The van der Waals surface area contributed by atoms with Crippen molar-refractivity contribution in [3.8, 4) is 0 Å². The second-order valence-electron chi connectivity index (χ2n) is 9.89. The van der Waals surface area contributed by atoms with Crippen molar-refractivity contribution in [3.63, 3.8) is 0 Å². The van der Waals surface area contributed by atoms with Crippen molar-refractivity contribution >= 4 is 39.0 Å². The molecule has 1 aliphatic rings. The van der Waals surface area contributed by atoms with Crippen LogP contribution in [0, 0.1) is 0 Å². The summed E-state index contributed by atoms with van der Waals surface area (Å²) in [6.07, 6.45) is 1.40. The van der Waals surface area contributed by atoms with Gasteiger partial charge in [-0.1, -0.05) is 22.0 Å². The lowest BCUT2D eigenvalue weighted by Gasteiger charge is -2.33. The maximum absolute atomic E-state index is 13.0. The number of aromatic nitrogens is 1. The summed E-state index contributed by atoms with van der Waals surface area (Å²) >= 11 is 3.52. The second kappa shape index (κ2) is 7.91. The van der Waals surface area contributed by atoms with Crippen molar-refractivity contribution in [2.45, 2.75) is 78.0 Å². The van der Waals surface area contributed by atoms with Crippen LogP contribution in [-0.2, 0) is 22.3 Å². The minimum absolute atomic E-state index is 0.00804. The number of rotatable bonds is 1. The van der Waals surface area contributed by atoms with E-state index < -0.39 is 11.2 Å². The van der Waals surface area contributed by atoms with E-state index in [0.29, 0.717) is 12.8 Å². The molecule has 1 aromatic heterocycles. The summed E-state index contributed by atoms with van der Waals surface area (Å²) < 4.78 is 13.8. The van der Waals surface area contributed by atoms with Gasteiger partial charge in [0.15, 0.2) is 0 Å². The summed E-state index contributed by atoms with van der Waals surface area (Å²) in [6.45, 7) is 11.2. The minimum Gasteiger partial charge on any atom is -0.444 e. The van der Waals surface area contributed by atoms with Crippen LogP contribution >= 0.6 is 15.9 Å². The SMILES string of the molecule is CN(C(=O)OC(C)(C)C)C1CCc2c(c3ccc(Br)cc3n2C(=O)OC(C)(C)C)C1. The molecule has 1 heterocycles. The second-order valence-corrected chi connectivity index (χ2v) is 10.8. The summed E-state index contributed by atoms with van der Waals surface area (Å²) in [6, 6.07) is 5.95. The number of benzene rings is 1. The molecule has 0 N–H and O–H groups in total. The van der Waals surface area contributed by atoms with Crippen LogP contribution in [0.3, 0.4) is 0 Å². The first-order valence-corrected chi connectivity index (χ1v) is 11.1. The lowest BCUT2D eigenvalue weighted by atomic mass is 9.90. The van der Waals surface area contributed by atoms with Crippen LogP contribution in [0.1, 0.15) is 59.2 Å². The molecule has 0 radical (unpaired) electrons. The first-order valence-electron chi connectivity index (χ1n) is 10.3. The number of hydrogen-bond donors (Lipinski definition) is 0. The Hall–Kier alpha value is -2.02. The molecule has 0 bridgehead atoms. The third kappa shape index (κ3) is 4.82. The molecule has 7 heteroatoms. The Bertz CT molecular complexity index is 982. The van der Waals surface area contributed by atoms with E-state index in [1.807, 2.05) is 59.7 Å². The quantitative estimate of drug-likeness (QED) is 0.510. The predicted molar refractivity (Wildman–Crippen MR) is 121 cm³/mol. The van der Waals surface area contributed by atoms with Gasteiger partial charge in [-0.3, -0.25) is 0 Å². The van der Waals surface area contributed by atoms with E-state index in [2.05, 4.69) is 15.9 Å². The van der Waals surface area contributed by atoms with Crippen molar-refractivity contribution < 1.29 is 19.1 Å². The minimum atomic E-state index is -0.583. The summed E-state index contributed by atoms with van der Waals surface area (Å²) in [5, 5.41) is 1.02. The zero-order chi connectivity index (χ0) is 22.4. The number of carbonyl (C=O) groups is 2. The Morgan fingerprint density at radius 3 is 2.33 bits per heavy atom. The van der Waals surface area contributed by atoms with Crippen molar-refractivity contribution in [3.05, 3.63) is 33.9 Å². The summed E-state index contributed by atoms with van der Waals surface area (Å²) in [7, 11) is 1.79. The molecular formula is C23H31BrN2O4. The van der Waals surface area contributed by atoms with Gasteiger partial charge in [-0.15, -0.1) is 0 Å². The number of halogens is 1. The number of amides is 1. The highest BCUT2D eigenvalue weighted by molar-refractivity contribution is 9.10. The van der Waals surface area contributed by atoms with Gasteiger partial charge in [0.05, 0.1) is 5.52 Å². The van der Waals surface area contributed by atoms with Gasteiger partial charge in [-0.25, -0.2) is 14.2 Å². The van der Waals surface area contributed by atoms with E-state index in [4.69, 9.17) is 9.47 Å². The molecule has 0 spiro atoms. The van der Waals surface area contributed by atoms with Crippen LogP contribution in [-0.4, -0.2) is 45.9 Å². The molecule has 2 aromatic rings. The molecule has 1 aromatic carbocycles. The third-order valence-corrected chi connectivity index (χ3v) is 5.60. The molecule has 0 saturated heterocycles. The number of ether oxygens (including phenoxy) is 2. The Labute approximate surface area is 186 Å². The number of nitrogens with zero attached hydrogens (tertiary/aromatic N) is 2. The highest BCUT2D eigenvalue weighted by Gasteiger charge is 2.33. The highest BCUT2D eigenvalue weighted by atomic mass is 79.9. The first-order chi connectivity index (χ1) is 13.8. The average molecular weight is 479 g/mol. The third-order valence-electron chi connectivity index (χ3n) is 5.10. The topological polar surface area (TPSA) is 60.8 Å². The van der Waals surface area contributed by atoms with Crippen LogP contribution in [0.15, 0.2) is 22.7 Å². The Morgan fingerprint density at radius 1 is 1.10 bits per heavy atom.